The lowest BCUT2D eigenvalue weighted by atomic mass is 10.1. The van der Waals surface area contributed by atoms with E-state index in [2.05, 4.69) is 69.2 Å². The van der Waals surface area contributed by atoms with Gasteiger partial charge in [0, 0.05) is 23.1 Å². The van der Waals surface area contributed by atoms with Gasteiger partial charge in [-0.15, -0.1) is 0 Å². The Morgan fingerprint density at radius 2 is 1.73 bits per heavy atom. The van der Waals surface area contributed by atoms with E-state index >= 15 is 0 Å². The third-order valence-electron chi connectivity index (χ3n) is 5.52. The normalized spacial score (nSPS) is 11.2. The summed E-state index contributed by atoms with van der Waals surface area (Å²) in [7, 11) is 0. The molecule has 33 heavy (non-hydrogen) atoms. The van der Waals surface area contributed by atoms with E-state index in [-0.39, 0.29) is 11.7 Å². The van der Waals surface area contributed by atoms with Crippen molar-refractivity contribution in [3.63, 3.8) is 0 Å². The van der Waals surface area contributed by atoms with Crippen LogP contribution in [0.1, 0.15) is 21.7 Å². The SMILES string of the molecule is Cc1ccc(-n2cc(-c3ccccc3)c3c(SCC(=O)n4nc(C)cc4C)ncnc32)cc1. The van der Waals surface area contributed by atoms with Crippen LogP contribution < -0.4 is 0 Å². The van der Waals surface area contributed by atoms with E-state index in [0.29, 0.717) is 0 Å². The van der Waals surface area contributed by atoms with E-state index in [1.165, 1.54) is 22.0 Å². The molecule has 5 aromatic rings. The van der Waals surface area contributed by atoms with Gasteiger partial charge in [0.05, 0.1) is 16.8 Å². The predicted molar refractivity (Wildman–Crippen MR) is 132 cm³/mol. The Morgan fingerprint density at radius 3 is 2.42 bits per heavy atom. The monoisotopic (exact) mass is 453 g/mol. The molecular weight excluding hydrogens is 430 g/mol. The summed E-state index contributed by atoms with van der Waals surface area (Å²) >= 11 is 1.42. The molecule has 3 aromatic heterocycles. The fourth-order valence-corrected chi connectivity index (χ4v) is 4.80. The summed E-state index contributed by atoms with van der Waals surface area (Å²) in [6.07, 6.45) is 3.67. The van der Waals surface area contributed by atoms with Crippen molar-refractivity contribution < 1.29 is 4.79 Å². The average Bonchev–Trinajstić information content (AvgIpc) is 3.38. The Hall–Kier alpha value is -3.71. The van der Waals surface area contributed by atoms with Gasteiger partial charge in [-0.1, -0.05) is 59.8 Å². The van der Waals surface area contributed by atoms with E-state index in [0.717, 1.165) is 44.3 Å². The maximum Gasteiger partial charge on any atom is 0.257 e. The van der Waals surface area contributed by atoms with Crippen molar-refractivity contribution in [3.05, 3.63) is 90.1 Å². The lowest BCUT2D eigenvalue weighted by Crippen LogP contribution is -2.16. The lowest BCUT2D eigenvalue weighted by Gasteiger charge is -2.07. The molecule has 0 aliphatic carbocycles. The van der Waals surface area contributed by atoms with Crippen LogP contribution >= 0.6 is 11.8 Å². The van der Waals surface area contributed by atoms with Gasteiger partial charge >= 0.3 is 0 Å². The second-order valence-electron chi connectivity index (χ2n) is 8.01. The first-order valence-corrected chi connectivity index (χ1v) is 11.7. The van der Waals surface area contributed by atoms with Gasteiger partial charge in [0.25, 0.3) is 5.91 Å². The Balaban J connectivity index is 1.60. The summed E-state index contributed by atoms with van der Waals surface area (Å²) in [5.41, 5.74) is 6.82. The molecule has 7 heteroatoms. The molecular formula is C26H23N5OS. The molecule has 6 nitrogen and oxygen atoms in total. The molecule has 0 aliphatic rings. The average molecular weight is 454 g/mol. The van der Waals surface area contributed by atoms with Gasteiger partial charge in [0.2, 0.25) is 0 Å². The van der Waals surface area contributed by atoms with Gasteiger partial charge in [0.15, 0.2) is 0 Å². The third kappa shape index (κ3) is 4.07. The van der Waals surface area contributed by atoms with Crippen LogP contribution in [-0.2, 0) is 0 Å². The van der Waals surface area contributed by atoms with E-state index in [1.54, 1.807) is 6.33 Å². The minimum atomic E-state index is -0.0726. The molecule has 0 unspecified atom stereocenters. The van der Waals surface area contributed by atoms with Gasteiger partial charge < -0.3 is 4.57 Å². The Labute approximate surface area is 196 Å². The van der Waals surface area contributed by atoms with Crippen LogP contribution in [0.4, 0.5) is 0 Å². The number of hydrogen-bond acceptors (Lipinski definition) is 5. The molecule has 2 aromatic carbocycles. The van der Waals surface area contributed by atoms with E-state index in [1.807, 2.05) is 38.1 Å². The highest BCUT2D eigenvalue weighted by Crippen LogP contribution is 2.36. The summed E-state index contributed by atoms with van der Waals surface area (Å²) in [4.78, 5) is 22.0. The Kier molecular flexibility index (Phi) is 5.56. The van der Waals surface area contributed by atoms with Crippen LogP contribution in [0.25, 0.3) is 27.8 Å². The number of aromatic nitrogens is 5. The number of fused-ring (bicyclic) bond motifs is 1. The molecule has 5 rings (SSSR count). The van der Waals surface area contributed by atoms with Crippen LogP contribution in [-0.4, -0.2) is 36.0 Å². The van der Waals surface area contributed by atoms with Gasteiger partial charge in [0.1, 0.15) is 17.0 Å². The summed E-state index contributed by atoms with van der Waals surface area (Å²) in [6, 6.07) is 20.5. The van der Waals surface area contributed by atoms with Crippen molar-refractivity contribution in [2.24, 2.45) is 0 Å². The summed E-state index contributed by atoms with van der Waals surface area (Å²) in [5.74, 6) is 0.162. The number of hydrogen-bond donors (Lipinski definition) is 0. The van der Waals surface area contributed by atoms with E-state index in [9.17, 15) is 4.79 Å². The second kappa shape index (κ2) is 8.67. The minimum Gasteiger partial charge on any atom is -0.301 e. The summed E-state index contributed by atoms with van der Waals surface area (Å²) in [6.45, 7) is 5.85. The highest BCUT2D eigenvalue weighted by Gasteiger charge is 2.19. The first-order valence-electron chi connectivity index (χ1n) is 10.7. The van der Waals surface area contributed by atoms with Crippen molar-refractivity contribution >= 4 is 28.7 Å². The highest BCUT2D eigenvalue weighted by molar-refractivity contribution is 8.00. The molecule has 0 atom stereocenters. The first kappa shape index (κ1) is 21.2. The molecule has 0 saturated heterocycles. The van der Waals surface area contributed by atoms with Crippen molar-refractivity contribution in [3.8, 4) is 16.8 Å². The van der Waals surface area contributed by atoms with Crippen molar-refractivity contribution in [1.82, 2.24) is 24.3 Å². The Bertz CT molecular complexity index is 1450. The molecule has 0 N–H and O–H groups in total. The van der Waals surface area contributed by atoms with Crippen LogP contribution in [0.2, 0.25) is 0 Å². The van der Waals surface area contributed by atoms with Crippen molar-refractivity contribution in [1.29, 1.82) is 0 Å². The molecule has 0 amide bonds. The smallest absolute Gasteiger partial charge is 0.257 e. The molecule has 164 valence electrons. The molecule has 0 saturated carbocycles. The molecule has 0 bridgehead atoms. The summed E-state index contributed by atoms with van der Waals surface area (Å²) in [5, 5.41) is 6.04. The topological polar surface area (TPSA) is 65.6 Å². The van der Waals surface area contributed by atoms with Gasteiger partial charge in [-0.3, -0.25) is 4.79 Å². The zero-order valence-corrected chi connectivity index (χ0v) is 19.5. The molecule has 0 aliphatic heterocycles. The number of nitrogens with zero attached hydrogens (tertiary/aromatic N) is 5. The lowest BCUT2D eigenvalue weighted by molar-refractivity contribution is 0.0924. The maximum absolute atomic E-state index is 12.8. The van der Waals surface area contributed by atoms with Gasteiger partial charge in [-0.2, -0.15) is 5.10 Å². The minimum absolute atomic E-state index is 0.0726. The first-order chi connectivity index (χ1) is 16.0. The van der Waals surface area contributed by atoms with Gasteiger partial charge in [-0.25, -0.2) is 14.6 Å². The standard InChI is InChI=1S/C26H23N5OS/c1-17-9-11-21(12-10-17)30-14-22(20-7-5-4-6-8-20)24-25(30)27-16-28-26(24)33-15-23(32)31-19(3)13-18(2)29-31/h4-14,16H,15H2,1-3H3. The van der Waals surface area contributed by atoms with Gasteiger partial charge in [-0.05, 0) is 44.5 Å². The number of aryl methyl sites for hydroxylation is 3. The number of carbonyl (C=O) groups is 1. The van der Waals surface area contributed by atoms with Crippen molar-refractivity contribution in [2.45, 2.75) is 25.8 Å². The Morgan fingerprint density at radius 1 is 0.970 bits per heavy atom. The van der Waals surface area contributed by atoms with Crippen LogP contribution in [0.3, 0.4) is 0 Å². The predicted octanol–water partition coefficient (Wildman–Crippen LogP) is 5.64. The van der Waals surface area contributed by atoms with Crippen LogP contribution in [0.5, 0.6) is 0 Å². The fraction of sp³-hybridized carbons (Fsp3) is 0.154. The largest absolute Gasteiger partial charge is 0.301 e. The van der Waals surface area contributed by atoms with Crippen molar-refractivity contribution in [2.75, 3.05) is 5.75 Å². The number of thioether (sulfide) groups is 1. The molecule has 0 fully saturated rings. The molecule has 0 spiro atoms. The highest BCUT2D eigenvalue weighted by atomic mass is 32.2. The van der Waals surface area contributed by atoms with Crippen LogP contribution in [0.15, 0.2) is 78.2 Å². The zero-order chi connectivity index (χ0) is 22.9. The quantitative estimate of drug-likeness (QED) is 0.254. The molecule has 3 heterocycles. The number of carbonyl (C=O) groups excluding carboxylic acids is 1. The van der Waals surface area contributed by atoms with E-state index < -0.39 is 0 Å². The second-order valence-corrected chi connectivity index (χ2v) is 8.98. The number of rotatable bonds is 5. The maximum atomic E-state index is 12.8. The summed E-state index contributed by atoms with van der Waals surface area (Å²) < 4.78 is 3.56. The van der Waals surface area contributed by atoms with Crippen LogP contribution in [0, 0.1) is 20.8 Å². The molecule has 0 radical (unpaired) electrons. The number of benzene rings is 2. The zero-order valence-electron chi connectivity index (χ0n) is 18.7. The third-order valence-corrected chi connectivity index (χ3v) is 6.50. The fourth-order valence-electron chi connectivity index (χ4n) is 3.95. The van der Waals surface area contributed by atoms with E-state index in [4.69, 9.17) is 0 Å².